The number of fused-ring (bicyclic) bond motifs is 1. The number of carbonyl (C=O) groups is 1. The minimum absolute atomic E-state index is 0.142. The first kappa shape index (κ1) is 14.3. The number of amides is 1. The zero-order chi connectivity index (χ0) is 15.7. The molecule has 7 heteroatoms. The second-order valence-electron chi connectivity index (χ2n) is 4.56. The predicted octanol–water partition coefficient (Wildman–Crippen LogP) is 2.93. The van der Waals surface area contributed by atoms with Gasteiger partial charge in [-0.05, 0) is 24.3 Å². The average Bonchev–Trinajstić information content (AvgIpc) is 3.00. The highest BCUT2D eigenvalue weighted by Crippen LogP contribution is 2.29. The van der Waals surface area contributed by atoms with Crippen molar-refractivity contribution in [3.8, 4) is 0 Å². The second-order valence-corrected chi connectivity index (χ2v) is 5.95. The summed E-state index contributed by atoms with van der Waals surface area (Å²) < 4.78 is 37.1. The Kier molecular flexibility index (Phi) is 3.44. The van der Waals surface area contributed by atoms with Gasteiger partial charge in [-0.15, -0.1) is 0 Å². The van der Waals surface area contributed by atoms with Crippen LogP contribution < -0.4 is 5.32 Å². The summed E-state index contributed by atoms with van der Waals surface area (Å²) in [6.45, 7) is 0. The molecule has 2 N–H and O–H groups in total. The Bertz CT molecular complexity index is 945. The molecule has 1 amide bonds. The Morgan fingerprint density at radius 3 is 2.41 bits per heavy atom. The molecule has 2 aromatic carbocycles. The van der Waals surface area contributed by atoms with E-state index in [0.29, 0.717) is 16.5 Å². The Hall–Kier alpha value is -2.64. The molecule has 0 fully saturated rings. The van der Waals surface area contributed by atoms with E-state index >= 15 is 0 Å². The number of nitrogens with one attached hydrogen (secondary N) is 1. The van der Waals surface area contributed by atoms with Gasteiger partial charge in [0.25, 0.3) is 16.0 Å². The molecule has 3 rings (SSSR count). The molecule has 6 nitrogen and oxygen atoms in total. The molecule has 112 valence electrons. The van der Waals surface area contributed by atoms with Gasteiger partial charge in [-0.25, -0.2) is 0 Å². The highest BCUT2D eigenvalue weighted by molar-refractivity contribution is 7.86. The standard InChI is InChI=1S/C15H11NO5S/c17-15(13-7-3-9-21-13)16-12-6-1-5-11-10(12)4-2-8-14(11)22(18,19)20/h1-9H,(H,16,17)(H,18,19,20). The number of benzene rings is 2. The fraction of sp³-hybridized carbons (Fsp3) is 0. The summed E-state index contributed by atoms with van der Waals surface area (Å²) in [7, 11) is -4.35. The molecule has 0 spiro atoms. The topological polar surface area (TPSA) is 96.6 Å². The normalized spacial score (nSPS) is 11.5. The first-order valence-electron chi connectivity index (χ1n) is 6.31. The molecular formula is C15H11NO5S. The van der Waals surface area contributed by atoms with Crippen molar-refractivity contribution in [2.45, 2.75) is 4.90 Å². The Morgan fingerprint density at radius 1 is 1.00 bits per heavy atom. The molecule has 0 saturated carbocycles. The fourth-order valence-corrected chi connectivity index (χ4v) is 2.91. The van der Waals surface area contributed by atoms with Gasteiger partial charge in [0.05, 0.1) is 6.26 Å². The maximum atomic E-state index is 12.0. The molecule has 22 heavy (non-hydrogen) atoms. The van der Waals surface area contributed by atoms with Gasteiger partial charge < -0.3 is 9.73 Å². The number of furan rings is 1. The van der Waals surface area contributed by atoms with E-state index in [1.165, 1.54) is 24.5 Å². The summed E-state index contributed by atoms with van der Waals surface area (Å²) in [4.78, 5) is 11.8. The van der Waals surface area contributed by atoms with E-state index in [9.17, 15) is 17.8 Å². The third-order valence-electron chi connectivity index (χ3n) is 3.15. The van der Waals surface area contributed by atoms with Crippen LogP contribution in [0.1, 0.15) is 10.6 Å². The average molecular weight is 317 g/mol. The summed E-state index contributed by atoms with van der Waals surface area (Å²) in [5.41, 5.74) is 0.421. The first-order chi connectivity index (χ1) is 10.5. The van der Waals surface area contributed by atoms with E-state index in [1.807, 2.05) is 0 Å². The van der Waals surface area contributed by atoms with E-state index in [4.69, 9.17) is 4.42 Å². The van der Waals surface area contributed by atoms with Crippen LogP contribution in [0.4, 0.5) is 5.69 Å². The summed E-state index contributed by atoms with van der Waals surface area (Å²) >= 11 is 0. The molecule has 0 aliphatic heterocycles. The Labute approximate surface area is 126 Å². The van der Waals surface area contributed by atoms with Crippen LogP contribution >= 0.6 is 0 Å². The van der Waals surface area contributed by atoms with Crippen LogP contribution in [0, 0.1) is 0 Å². The monoisotopic (exact) mass is 317 g/mol. The van der Waals surface area contributed by atoms with Crippen LogP contribution in [0.5, 0.6) is 0 Å². The lowest BCUT2D eigenvalue weighted by molar-refractivity contribution is 0.0997. The summed E-state index contributed by atoms with van der Waals surface area (Å²) in [6, 6.07) is 12.3. The molecule has 0 aliphatic rings. The maximum absolute atomic E-state index is 12.0. The number of hydrogen-bond donors (Lipinski definition) is 2. The van der Waals surface area contributed by atoms with Crippen LogP contribution in [0.25, 0.3) is 10.8 Å². The molecule has 0 atom stereocenters. The molecular weight excluding hydrogens is 306 g/mol. The smallest absolute Gasteiger partial charge is 0.295 e. The van der Waals surface area contributed by atoms with E-state index in [0.717, 1.165) is 0 Å². The predicted molar refractivity (Wildman–Crippen MR) is 80.4 cm³/mol. The lowest BCUT2D eigenvalue weighted by atomic mass is 10.1. The Balaban J connectivity index is 2.10. The van der Waals surface area contributed by atoms with Crippen molar-refractivity contribution < 1.29 is 22.2 Å². The molecule has 0 unspecified atom stereocenters. The van der Waals surface area contributed by atoms with Crippen LogP contribution in [0.15, 0.2) is 64.1 Å². The lowest BCUT2D eigenvalue weighted by Gasteiger charge is -2.09. The number of carbonyl (C=O) groups excluding carboxylic acids is 1. The van der Waals surface area contributed by atoms with Crippen molar-refractivity contribution >= 4 is 32.5 Å². The fourth-order valence-electron chi connectivity index (χ4n) is 2.21. The quantitative estimate of drug-likeness (QED) is 0.724. The summed E-state index contributed by atoms with van der Waals surface area (Å²) in [5.74, 6) is -0.308. The van der Waals surface area contributed by atoms with Crippen LogP contribution in [0.3, 0.4) is 0 Å². The second kappa shape index (κ2) is 5.28. The number of rotatable bonds is 3. The largest absolute Gasteiger partial charge is 0.459 e. The highest BCUT2D eigenvalue weighted by atomic mass is 32.2. The van der Waals surface area contributed by atoms with Crippen molar-refractivity contribution in [3.05, 3.63) is 60.6 Å². The molecule has 3 aromatic rings. The van der Waals surface area contributed by atoms with Crippen LogP contribution in [-0.2, 0) is 10.1 Å². The lowest BCUT2D eigenvalue weighted by Crippen LogP contribution is -2.11. The van der Waals surface area contributed by atoms with Gasteiger partial charge in [-0.1, -0.05) is 24.3 Å². The number of hydrogen-bond acceptors (Lipinski definition) is 4. The van der Waals surface area contributed by atoms with Crippen molar-refractivity contribution in [2.24, 2.45) is 0 Å². The van der Waals surface area contributed by atoms with Gasteiger partial charge in [0.1, 0.15) is 4.90 Å². The zero-order valence-corrected chi connectivity index (χ0v) is 12.0. The van der Waals surface area contributed by atoms with Crippen molar-refractivity contribution in [2.75, 3.05) is 5.32 Å². The molecule has 0 radical (unpaired) electrons. The maximum Gasteiger partial charge on any atom is 0.295 e. The van der Waals surface area contributed by atoms with Crippen LogP contribution in [0.2, 0.25) is 0 Å². The molecule has 1 heterocycles. The molecule has 0 saturated heterocycles. The SMILES string of the molecule is O=C(Nc1cccc2c(S(=O)(=O)O)cccc12)c1ccco1. The minimum atomic E-state index is -4.35. The third-order valence-corrected chi connectivity index (χ3v) is 4.06. The van der Waals surface area contributed by atoms with E-state index in [-0.39, 0.29) is 10.7 Å². The van der Waals surface area contributed by atoms with Crippen molar-refractivity contribution in [1.82, 2.24) is 0 Å². The van der Waals surface area contributed by atoms with Gasteiger partial charge in [-0.2, -0.15) is 8.42 Å². The third kappa shape index (κ3) is 2.59. The van der Waals surface area contributed by atoms with Gasteiger partial charge in [-0.3, -0.25) is 9.35 Å². The zero-order valence-electron chi connectivity index (χ0n) is 11.2. The molecule has 0 aliphatic carbocycles. The van der Waals surface area contributed by atoms with E-state index in [2.05, 4.69) is 5.32 Å². The first-order valence-corrected chi connectivity index (χ1v) is 7.75. The summed E-state index contributed by atoms with van der Waals surface area (Å²) in [6.07, 6.45) is 1.38. The van der Waals surface area contributed by atoms with Crippen LogP contribution in [-0.4, -0.2) is 18.9 Å². The van der Waals surface area contributed by atoms with E-state index in [1.54, 1.807) is 30.3 Å². The van der Waals surface area contributed by atoms with Gasteiger partial charge in [0.15, 0.2) is 5.76 Å². The van der Waals surface area contributed by atoms with Crippen molar-refractivity contribution in [3.63, 3.8) is 0 Å². The molecule has 0 bridgehead atoms. The Morgan fingerprint density at radius 2 is 1.73 bits per heavy atom. The molecule has 1 aromatic heterocycles. The van der Waals surface area contributed by atoms with Gasteiger partial charge in [0, 0.05) is 16.5 Å². The highest BCUT2D eigenvalue weighted by Gasteiger charge is 2.16. The van der Waals surface area contributed by atoms with Gasteiger partial charge in [0.2, 0.25) is 0 Å². The van der Waals surface area contributed by atoms with Crippen molar-refractivity contribution in [1.29, 1.82) is 0 Å². The van der Waals surface area contributed by atoms with Gasteiger partial charge >= 0.3 is 0 Å². The number of anilines is 1. The summed E-state index contributed by atoms with van der Waals surface area (Å²) in [5, 5.41) is 3.48. The minimum Gasteiger partial charge on any atom is -0.459 e. The van der Waals surface area contributed by atoms with E-state index < -0.39 is 16.0 Å².